The van der Waals surface area contributed by atoms with Gasteiger partial charge in [0.25, 0.3) is 5.91 Å². The number of hydrogen-bond donors (Lipinski definition) is 2. The van der Waals surface area contributed by atoms with Gasteiger partial charge in [0.1, 0.15) is 5.75 Å². The molecule has 0 radical (unpaired) electrons. The summed E-state index contributed by atoms with van der Waals surface area (Å²) in [6.45, 7) is 2.68. The summed E-state index contributed by atoms with van der Waals surface area (Å²) in [6, 6.07) is 11.8. The zero-order valence-corrected chi connectivity index (χ0v) is 25.7. The van der Waals surface area contributed by atoms with E-state index in [9.17, 15) is 14.1 Å². The van der Waals surface area contributed by atoms with Crippen LogP contribution in [0.15, 0.2) is 36.4 Å². The molecule has 42 heavy (non-hydrogen) atoms. The molecule has 3 aliphatic heterocycles. The van der Waals surface area contributed by atoms with Crippen molar-refractivity contribution in [2.75, 3.05) is 37.0 Å². The van der Waals surface area contributed by atoms with Crippen LogP contribution in [0.25, 0.3) is 0 Å². The van der Waals surface area contributed by atoms with Gasteiger partial charge in [-0.2, -0.15) is 0 Å². The highest BCUT2D eigenvalue weighted by Gasteiger charge is 2.47. The maximum absolute atomic E-state index is 13.4. The van der Waals surface area contributed by atoms with E-state index in [1.807, 2.05) is 18.2 Å². The van der Waals surface area contributed by atoms with E-state index in [-0.39, 0.29) is 17.3 Å². The van der Waals surface area contributed by atoms with E-state index < -0.39 is 21.2 Å². The predicted octanol–water partition coefficient (Wildman–Crippen LogP) is 4.90. The van der Waals surface area contributed by atoms with Crippen LogP contribution in [0.3, 0.4) is 0 Å². The Morgan fingerprint density at radius 3 is 2.83 bits per heavy atom. The predicted molar refractivity (Wildman–Crippen MR) is 167 cm³/mol. The number of nitrogens with one attached hydrogen (secondary N) is 1. The number of amides is 1. The number of benzene rings is 2. The summed E-state index contributed by atoms with van der Waals surface area (Å²) in [6.07, 6.45) is 7.52. The summed E-state index contributed by atoms with van der Waals surface area (Å²) in [7, 11) is -2.87. The van der Waals surface area contributed by atoms with Crippen LogP contribution in [0.4, 0.5) is 5.69 Å². The number of nitrogens with zero attached hydrogens (tertiary/aromatic N) is 1. The number of anilines is 1. The highest BCUT2D eigenvalue weighted by Crippen LogP contribution is 2.48. The zero-order valence-electron chi connectivity index (χ0n) is 24.1. The van der Waals surface area contributed by atoms with Gasteiger partial charge in [0, 0.05) is 57.6 Å². The number of hydrogen-bond acceptors (Lipinski definition) is 6. The van der Waals surface area contributed by atoms with E-state index in [0.29, 0.717) is 56.3 Å². The fourth-order valence-corrected chi connectivity index (χ4v) is 9.56. The van der Waals surface area contributed by atoms with E-state index in [0.717, 1.165) is 61.7 Å². The lowest BCUT2D eigenvalue weighted by Crippen LogP contribution is -2.52. The lowest BCUT2D eigenvalue weighted by atomic mass is 9.66. The molecule has 2 fully saturated rings. The van der Waals surface area contributed by atoms with Gasteiger partial charge < -0.3 is 19.5 Å². The van der Waals surface area contributed by atoms with Crippen molar-refractivity contribution in [2.45, 2.75) is 74.9 Å². The maximum atomic E-state index is 13.4. The molecule has 2 aliphatic carbocycles. The van der Waals surface area contributed by atoms with E-state index >= 15 is 0 Å². The number of carbonyl (C=O) groups is 1. The summed E-state index contributed by atoms with van der Waals surface area (Å²) < 4.78 is 28.9. The molecule has 3 heterocycles. The number of aryl methyl sites for hydroxylation is 1. The fourth-order valence-electron chi connectivity index (χ4n) is 8.20. The van der Waals surface area contributed by atoms with Crippen molar-refractivity contribution in [3.05, 3.63) is 58.1 Å². The Morgan fingerprint density at radius 2 is 2.00 bits per heavy atom. The summed E-state index contributed by atoms with van der Waals surface area (Å²) in [5.41, 5.74) is 2.89. The van der Waals surface area contributed by atoms with E-state index in [4.69, 9.17) is 21.1 Å². The van der Waals surface area contributed by atoms with Gasteiger partial charge in [0.15, 0.2) is 0 Å². The van der Waals surface area contributed by atoms with Crippen LogP contribution in [0.5, 0.6) is 5.75 Å². The molecular formula is C33H41ClN2O5S. The van der Waals surface area contributed by atoms with E-state index in [1.54, 1.807) is 6.07 Å². The number of halogens is 1. The molecule has 0 aromatic heterocycles. The monoisotopic (exact) mass is 612 g/mol. The molecule has 1 unspecified atom stereocenters. The highest BCUT2D eigenvalue weighted by molar-refractivity contribution is 7.99. The Bertz CT molecular complexity index is 1500. The Kier molecular flexibility index (Phi) is 7.28. The Morgan fingerprint density at radius 1 is 1.12 bits per heavy atom. The van der Waals surface area contributed by atoms with Gasteiger partial charge in [-0.05, 0) is 111 Å². The molecule has 1 saturated heterocycles. The maximum Gasteiger partial charge on any atom is 0.262 e. The normalized spacial score (nSPS) is 36.5. The van der Waals surface area contributed by atoms with Crippen molar-refractivity contribution >= 4 is 38.8 Å². The minimum Gasteiger partial charge on any atom is -0.490 e. The van der Waals surface area contributed by atoms with Crippen LogP contribution in [-0.2, 0) is 26.3 Å². The van der Waals surface area contributed by atoms with E-state index in [1.165, 1.54) is 11.1 Å². The lowest BCUT2D eigenvalue weighted by molar-refractivity contribution is -0.144. The molecule has 226 valence electrons. The molecule has 7 nitrogen and oxygen atoms in total. The second-order valence-electron chi connectivity index (χ2n) is 13.4. The summed E-state index contributed by atoms with van der Waals surface area (Å²) >= 11 is 6.42. The molecule has 5 aliphatic rings. The average Bonchev–Trinajstić information content (AvgIpc) is 3.07. The zero-order chi connectivity index (χ0) is 29.1. The molecule has 1 amide bonds. The van der Waals surface area contributed by atoms with Crippen LogP contribution in [0, 0.1) is 11.8 Å². The van der Waals surface area contributed by atoms with Crippen molar-refractivity contribution in [1.82, 2.24) is 4.72 Å². The first-order chi connectivity index (χ1) is 20.1. The number of rotatable bonds is 0. The van der Waals surface area contributed by atoms with Gasteiger partial charge in [-0.15, -0.1) is 0 Å². The first kappa shape index (κ1) is 28.5. The molecule has 1 spiro atoms. The molecular weight excluding hydrogens is 572 g/mol. The molecule has 6 atom stereocenters. The van der Waals surface area contributed by atoms with Crippen LogP contribution in [-0.4, -0.2) is 64.9 Å². The van der Waals surface area contributed by atoms with Crippen molar-refractivity contribution < 1.29 is 23.6 Å². The SMILES string of the molecule is C=S1(=O)CCC[C@]2(O)CCO[C@H](C2)[C@@H]2CC[C@H]2CN2C[C@@]3(CCCc4cc(Cl)ccc43)COc3ccc(cc32)C(=O)N1. The molecule has 2 aromatic rings. The second-order valence-corrected chi connectivity index (χ2v) is 16.1. The Labute approximate surface area is 254 Å². The minimum atomic E-state index is -2.87. The average molecular weight is 613 g/mol. The van der Waals surface area contributed by atoms with Crippen molar-refractivity contribution in [1.29, 1.82) is 0 Å². The lowest BCUT2D eigenvalue weighted by Gasteiger charge is -2.49. The van der Waals surface area contributed by atoms with Gasteiger partial charge in [0.2, 0.25) is 0 Å². The van der Waals surface area contributed by atoms with Crippen molar-refractivity contribution in [3.8, 4) is 5.75 Å². The Hall–Kier alpha value is -2.26. The fraction of sp³-hybridized carbons (Fsp3) is 0.576. The summed E-state index contributed by atoms with van der Waals surface area (Å²) in [4.78, 5) is 15.8. The number of fused-ring (bicyclic) bond motifs is 7. The third-order valence-corrected chi connectivity index (χ3v) is 12.3. The topological polar surface area (TPSA) is 88.1 Å². The van der Waals surface area contributed by atoms with E-state index in [2.05, 4.69) is 27.6 Å². The molecule has 9 heteroatoms. The molecule has 2 N–H and O–H groups in total. The molecule has 1 saturated carbocycles. The van der Waals surface area contributed by atoms with Crippen LogP contribution < -0.4 is 14.4 Å². The third-order valence-electron chi connectivity index (χ3n) is 10.6. The largest absolute Gasteiger partial charge is 0.490 e. The van der Waals surface area contributed by atoms with Gasteiger partial charge in [0.05, 0.1) is 24.0 Å². The first-order valence-corrected chi connectivity index (χ1v) is 17.7. The second kappa shape index (κ2) is 10.7. The first-order valence-electron chi connectivity index (χ1n) is 15.4. The van der Waals surface area contributed by atoms with Gasteiger partial charge in [-0.3, -0.25) is 9.52 Å². The highest BCUT2D eigenvalue weighted by atomic mass is 35.5. The number of carbonyl (C=O) groups excluding carboxylic acids is 1. The van der Waals surface area contributed by atoms with Crippen LogP contribution in [0.1, 0.15) is 72.9 Å². The van der Waals surface area contributed by atoms with Gasteiger partial charge in [-0.1, -0.05) is 17.7 Å². The quantitative estimate of drug-likeness (QED) is 0.412. The molecule has 2 aromatic carbocycles. The van der Waals surface area contributed by atoms with Gasteiger partial charge in [-0.25, -0.2) is 4.21 Å². The summed E-state index contributed by atoms with van der Waals surface area (Å²) in [5.74, 6) is 5.24. The third kappa shape index (κ3) is 5.33. The van der Waals surface area contributed by atoms with Gasteiger partial charge >= 0.3 is 0 Å². The summed E-state index contributed by atoms with van der Waals surface area (Å²) in [5, 5.41) is 12.3. The number of aliphatic hydroxyl groups is 1. The molecule has 7 rings (SSSR count). The Balaban J connectivity index is 1.29. The van der Waals surface area contributed by atoms with Crippen molar-refractivity contribution in [3.63, 3.8) is 0 Å². The molecule has 4 bridgehead atoms. The van der Waals surface area contributed by atoms with Crippen molar-refractivity contribution in [2.24, 2.45) is 11.8 Å². The number of ether oxygens (including phenoxy) is 2. The van der Waals surface area contributed by atoms with Crippen LogP contribution >= 0.6 is 11.6 Å². The smallest absolute Gasteiger partial charge is 0.262 e. The van der Waals surface area contributed by atoms with Crippen LogP contribution in [0.2, 0.25) is 5.02 Å². The standard InChI is InChI=1S/C33H41ClN2O5S/c1-42(39)15-3-12-33(38)13-14-40-30(18-33)26-8-5-24(26)19-36-20-32(11-2-4-22-16-25(34)7-9-27(22)32)21-41-29-10-6-23(17-28(29)36)31(37)35-42/h6-7,9-10,16-17,24,26,30,38H,1-5,8,11-15,18-21H2,(H,35,37,39)/t24-,26+,30+,32-,33-,42?/m0/s1. The minimum absolute atomic E-state index is 0.0137.